The van der Waals surface area contributed by atoms with Crippen LogP contribution in [0, 0.1) is 5.92 Å². The van der Waals surface area contributed by atoms with E-state index in [1.807, 2.05) is 0 Å². The second-order valence-electron chi connectivity index (χ2n) is 3.44. The van der Waals surface area contributed by atoms with Gasteiger partial charge in [-0.25, -0.2) is 0 Å². The molecule has 1 unspecified atom stereocenters. The Morgan fingerprint density at radius 2 is 2.00 bits per heavy atom. The molecule has 0 aliphatic heterocycles. The van der Waals surface area contributed by atoms with Crippen LogP contribution in [0.15, 0.2) is 0 Å². The van der Waals surface area contributed by atoms with Crippen molar-refractivity contribution in [3.63, 3.8) is 0 Å². The summed E-state index contributed by atoms with van der Waals surface area (Å²) in [5, 5.41) is 0. The molecule has 0 saturated heterocycles. The highest BCUT2D eigenvalue weighted by Crippen LogP contribution is 2.31. The zero-order chi connectivity index (χ0) is 9.90. The summed E-state index contributed by atoms with van der Waals surface area (Å²) in [5.74, 6) is 0.478. The average Bonchev–Trinajstić information content (AvgIpc) is 2.77. The molecule has 2 N–H and O–H groups in total. The maximum Gasteiger partial charge on any atom is 0.391 e. The Morgan fingerprint density at radius 1 is 1.38 bits per heavy atom. The summed E-state index contributed by atoms with van der Waals surface area (Å²) < 4.78 is 39.7. The minimum atomic E-state index is -4.12. The second-order valence-corrected chi connectivity index (χ2v) is 3.44. The van der Waals surface area contributed by atoms with Crippen LogP contribution in [0.3, 0.4) is 0 Å². The van der Waals surface area contributed by atoms with Crippen molar-refractivity contribution in [2.24, 2.45) is 11.7 Å². The van der Waals surface area contributed by atoms with Crippen molar-refractivity contribution in [2.75, 3.05) is 13.2 Å². The predicted molar refractivity (Wildman–Crippen MR) is 42.2 cm³/mol. The van der Waals surface area contributed by atoms with E-state index in [9.17, 15) is 13.2 Å². The number of halogens is 3. The minimum absolute atomic E-state index is 0.0757. The van der Waals surface area contributed by atoms with Gasteiger partial charge in [0.1, 0.15) is 0 Å². The Kier molecular flexibility index (Phi) is 3.55. The van der Waals surface area contributed by atoms with Crippen LogP contribution in [0.25, 0.3) is 0 Å². The molecule has 1 rings (SSSR count). The molecule has 1 aliphatic rings. The van der Waals surface area contributed by atoms with Crippen LogP contribution in [0.5, 0.6) is 0 Å². The van der Waals surface area contributed by atoms with E-state index in [1.54, 1.807) is 0 Å². The Hall–Kier alpha value is -0.290. The van der Waals surface area contributed by atoms with E-state index >= 15 is 0 Å². The summed E-state index contributed by atoms with van der Waals surface area (Å²) in [5.41, 5.74) is 5.62. The molecule has 1 saturated carbocycles. The highest BCUT2D eigenvalue weighted by molar-refractivity contribution is 4.83. The standard InChI is InChI=1S/C8H14F3NO/c9-8(10,11)3-4-13-5-7(12)6-1-2-6/h6-7H,1-5,12H2. The topological polar surface area (TPSA) is 35.2 Å². The van der Waals surface area contributed by atoms with Gasteiger partial charge in [-0.3, -0.25) is 0 Å². The van der Waals surface area contributed by atoms with Gasteiger partial charge in [0.25, 0.3) is 0 Å². The molecule has 0 bridgehead atoms. The quantitative estimate of drug-likeness (QED) is 0.681. The van der Waals surface area contributed by atoms with E-state index in [0.29, 0.717) is 5.92 Å². The number of rotatable bonds is 5. The molecule has 0 heterocycles. The van der Waals surface area contributed by atoms with Gasteiger partial charge in [-0.2, -0.15) is 13.2 Å². The van der Waals surface area contributed by atoms with Gasteiger partial charge in [0.2, 0.25) is 0 Å². The third-order valence-corrected chi connectivity index (χ3v) is 2.07. The molecule has 78 valence electrons. The molecule has 0 spiro atoms. The van der Waals surface area contributed by atoms with Crippen molar-refractivity contribution >= 4 is 0 Å². The summed E-state index contributed by atoms with van der Waals surface area (Å²) in [4.78, 5) is 0. The second kappa shape index (κ2) is 4.28. The number of hydrogen-bond acceptors (Lipinski definition) is 2. The third kappa shape index (κ3) is 5.10. The van der Waals surface area contributed by atoms with Gasteiger partial charge in [0.05, 0.1) is 19.6 Å². The first-order valence-electron chi connectivity index (χ1n) is 4.39. The summed E-state index contributed by atoms with van der Waals surface area (Å²) in [6.07, 6.45) is -2.83. The van der Waals surface area contributed by atoms with Gasteiger partial charge in [0, 0.05) is 6.04 Å². The lowest BCUT2D eigenvalue weighted by atomic mass is 10.2. The third-order valence-electron chi connectivity index (χ3n) is 2.07. The maximum atomic E-state index is 11.6. The largest absolute Gasteiger partial charge is 0.391 e. The SMILES string of the molecule is NC(COCCC(F)(F)F)C1CC1. The Morgan fingerprint density at radius 3 is 2.46 bits per heavy atom. The smallest absolute Gasteiger partial charge is 0.379 e. The fraction of sp³-hybridized carbons (Fsp3) is 1.00. The molecular weight excluding hydrogens is 183 g/mol. The van der Waals surface area contributed by atoms with Crippen LogP contribution in [0.2, 0.25) is 0 Å². The Balaban J connectivity index is 1.94. The molecule has 0 aromatic rings. The molecule has 0 radical (unpaired) electrons. The van der Waals surface area contributed by atoms with Crippen LogP contribution in [-0.4, -0.2) is 25.4 Å². The lowest BCUT2D eigenvalue weighted by Crippen LogP contribution is -2.29. The molecule has 0 aromatic carbocycles. The average molecular weight is 197 g/mol. The molecule has 1 aliphatic carbocycles. The summed E-state index contributed by atoms with van der Waals surface area (Å²) in [7, 11) is 0. The molecule has 1 fully saturated rings. The number of nitrogens with two attached hydrogens (primary N) is 1. The Labute approximate surface area is 75.2 Å². The van der Waals surface area contributed by atoms with Gasteiger partial charge in [-0.05, 0) is 18.8 Å². The van der Waals surface area contributed by atoms with Crippen LogP contribution in [-0.2, 0) is 4.74 Å². The molecule has 0 aromatic heterocycles. The Bertz CT molecular complexity index is 156. The fourth-order valence-corrected chi connectivity index (χ4v) is 1.07. The maximum absolute atomic E-state index is 11.6. The zero-order valence-corrected chi connectivity index (χ0v) is 7.31. The van der Waals surface area contributed by atoms with E-state index in [-0.39, 0.29) is 19.3 Å². The number of alkyl halides is 3. The predicted octanol–water partition coefficient (Wildman–Crippen LogP) is 1.69. The molecule has 1 atom stereocenters. The molecular formula is C8H14F3NO. The first-order valence-corrected chi connectivity index (χ1v) is 4.39. The van der Waals surface area contributed by atoms with Crippen molar-refractivity contribution in [3.05, 3.63) is 0 Å². The highest BCUT2D eigenvalue weighted by Gasteiger charge is 2.29. The minimum Gasteiger partial charge on any atom is -0.379 e. The van der Waals surface area contributed by atoms with Crippen LogP contribution < -0.4 is 5.73 Å². The van der Waals surface area contributed by atoms with Gasteiger partial charge in [0.15, 0.2) is 0 Å². The summed E-state index contributed by atoms with van der Waals surface area (Å²) >= 11 is 0. The number of hydrogen-bond donors (Lipinski definition) is 1. The first kappa shape index (κ1) is 10.8. The zero-order valence-electron chi connectivity index (χ0n) is 7.31. The number of ether oxygens (including phenoxy) is 1. The molecule has 0 amide bonds. The van der Waals surface area contributed by atoms with Crippen molar-refractivity contribution < 1.29 is 17.9 Å². The van der Waals surface area contributed by atoms with E-state index in [1.165, 1.54) is 0 Å². The van der Waals surface area contributed by atoms with Crippen molar-refractivity contribution in [1.29, 1.82) is 0 Å². The normalized spacial score (nSPS) is 20.3. The van der Waals surface area contributed by atoms with Crippen LogP contribution in [0.4, 0.5) is 13.2 Å². The van der Waals surface area contributed by atoms with Crippen LogP contribution >= 0.6 is 0 Å². The molecule has 13 heavy (non-hydrogen) atoms. The van der Waals surface area contributed by atoms with Gasteiger partial charge >= 0.3 is 6.18 Å². The monoisotopic (exact) mass is 197 g/mol. The molecule has 5 heteroatoms. The summed E-state index contributed by atoms with van der Waals surface area (Å²) in [6.45, 7) is -0.0231. The van der Waals surface area contributed by atoms with E-state index in [0.717, 1.165) is 12.8 Å². The van der Waals surface area contributed by atoms with E-state index in [4.69, 9.17) is 10.5 Å². The fourth-order valence-electron chi connectivity index (χ4n) is 1.07. The van der Waals surface area contributed by atoms with Gasteiger partial charge < -0.3 is 10.5 Å². The van der Waals surface area contributed by atoms with Crippen molar-refractivity contribution in [2.45, 2.75) is 31.5 Å². The van der Waals surface area contributed by atoms with Gasteiger partial charge in [-0.1, -0.05) is 0 Å². The van der Waals surface area contributed by atoms with Gasteiger partial charge in [-0.15, -0.1) is 0 Å². The van der Waals surface area contributed by atoms with E-state index < -0.39 is 12.6 Å². The van der Waals surface area contributed by atoms with Crippen molar-refractivity contribution in [3.8, 4) is 0 Å². The molecule has 2 nitrogen and oxygen atoms in total. The van der Waals surface area contributed by atoms with Crippen LogP contribution in [0.1, 0.15) is 19.3 Å². The summed E-state index contributed by atoms with van der Waals surface area (Å²) in [6, 6.07) is -0.0757. The lowest BCUT2D eigenvalue weighted by molar-refractivity contribution is -0.145. The highest BCUT2D eigenvalue weighted by atomic mass is 19.4. The first-order chi connectivity index (χ1) is 5.99. The van der Waals surface area contributed by atoms with Crippen molar-refractivity contribution in [1.82, 2.24) is 0 Å². The van der Waals surface area contributed by atoms with E-state index in [2.05, 4.69) is 0 Å². The lowest BCUT2D eigenvalue weighted by Gasteiger charge is -2.11.